The minimum absolute atomic E-state index is 0.0526. The second kappa shape index (κ2) is 5.86. The molecular formula is C13H22N4O2. The van der Waals surface area contributed by atoms with Gasteiger partial charge in [0.15, 0.2) is 0 Å². The van der Waals surface area contributed by atoms with Crippen LogP contribution in [0.1, 0.15) is 39.1 Å². The Morgan fingerprint density at radius 1 is 1.47 bits per heavy atom. The first-order valence-electron chi connectivity index (χ1n) is 6.31. The van der Waals surface area contributed by atoms with E-state index in [1.807, 2.05) is 19.9 Å². The molecule has 0 aromatic carbocycles. The molecule has 3 N–H and O–H groups in total. The smallest absolute Gasteiger partial charge is 0.245 e. The summed E-state index contributed by atoms with van der Waals surface area (Å²) in [5.74, 6) is -0.432. The molecule has 0 aliphatic heterocycles. The van der Waals surface area contributed by atoms with Crippen LogP contribution in [0.3, 0.4) is 0 Å². The fourth-order valence-electron chi connectivity index (χ4n) is 1.84. The number of aromatic nitrogens is 2. The molecule has 0 aliphatic carbocycles. The predicted octanol–water partition coefficient (Wildman–Crippen LogP) is 0.680. The molecule has 1 atom stereocenters. The first-order valence-corrected chi connectivity index (χ1v) is 6.31. The minimum Gasteiger partial charge on any atom is -0.351 e. The van der Waals surface area contributed by atoms with E-state index in [-0.39, 0.29) is 17.9 Å². The Morgan fingerprint density at radius 3 is 2.58 bits per heavy atom. The molecule has 0 radical (unpaired) electrons. The lowest BCUT2D eigenvalue weighted by Gasteiger charge is -2.26. The normalized spacial score (nSPS) is 12.9. The van der Waals surface area contributed by atoms with Gasteiger partial charge in [0.1, 0.15) is 5.54 Å². The summed E-state index contributed by atoms with van der Waals surface area (Å²) in [6.45, 7) is 8.58. The van der Waals surface area contributed by atoms with Crippen molar-refractivity contribution < 1.29 is 9.59 Å². The van der Waals surface area contributed by atoms with Crippen molar-refractivity contribution in [2.75, 3.05) is 0 Å². The largest absolute Gasteiger partial charge is 0.351 e. The highest BCUT2D eigenvalue weighted by Gasteiger charge is 2.29. The van der Waals surface area contributed by atoms with Crippen LogP contribution in [-0.2, 0) is 16.0 Å². The topological polar surface area (TPSA) is 86.9 Å². The molecule has 0 spiro atoms. The Balaban J connectivity index is 2.54. The third kappa shape index (κ3) is 4.73. The van der Waals surface area contributed by atoms with Gasteiger partial charge < -0.3 is 10.6 Å². The third-order valence-corrected chi connectivity index (χ3v) is 2.71. The molecule has 0 saturated heterocycles. The molecule has 0 aliphatic rings. The van der Waals surface area contributed by atoms with Gasteiger partial charge in [0.05, 0.1) is 5.69 Å². The Hall–Kier alpha value is -1.85. The number of amides is 2. The van der Waals surface area contributed by atoms with E-state index >= 15 is 0 Å². The number of carbonyl (C=O) groups excluding carboxylic acids is 2. The van der Waals surface area contributed by atoms with Gasteiger partial charge in [-0.2, -0.15) is 5.10 Å². The van der Waals surface area contributed by atoms with Crippen molar-refractivity contribution in [3.05, 3.63) is 17.5 Å². The molecule has 1 unspecified atom stereocenters. The molecule has 2 amide bonds. The zero-order valence-electron chi connectivity index (χ0n) is 12.1. The molecular weight excluding hydrogens is 244 g/mol. The fourth-order valence-corrected chi connectivity index (χ4v) is 1.84. The number of nitrogens with one attached hydrogen (secondary N) is 3. The van der Waals surface area contributed by atoms with E-state index in [1.54, 1.807) is 13.8 Å². The van der Waals surface area contributed by atoms with Crippen LogP contribution in [-0.4, -0.2) is 33.6 Å². The third-order valence-electron chi connectivity index (χ3n) is 2.71. The summed E-state index contributed by atoms with van der Waals surface area (Å²) in [6.07, 6.45) is 0.645. The van der Waals surface area contributed by atoms with Gasteiger partial charge in [0, 0.05) is 25.1 Å². The van der Waals surface area contributed by atoms with Crippen LogP contribution in [0.25, 0.3) is 0 Å². The predicted molar refractivity (Wildman–Crippen MR) is 72.5 cm³/mol. The second-order valence-electron chi connectivity index (χ2n) is 5.43. The maximum Gasteiger partial charge on any atom is 0.245 e. The van der Waals surface area contributed by atoms with Crippen LogP contribution < -0.4 is 10.6 Å². The van der Waals surface area contributed by atoms with Crippen molar-refractivity contribution in [2.45, 2.75) is 52.6 Å². The molecule has 106 valence electrons. The first-order chi connectivity index (χ1) is 8.70. The zero-order chi connectivity index (χ0) is 14.6. The van der Waals surface area contributed by atoms with Crippen LogP contribution in [0, 0.1) is 6.92 Å². The van der Waals surface area contributed by atoms with Crippen molar-refractivity contribution in [3.63, 3.8) is 0 Å². The molecule has 1 aromatic heterocycles. The van der Waals surface area contributed by atoms with Crippen LogP contribution >= 0.6 is 0 Å². The lowest BCUT2D eigenvalue weighted by molar-refractivity contribution is -0.131. The van der Waals surface area contributed by atoms with E-state index in [4.69, 9.17) is 0 Å². The van der Waals surface area contributed by atoms with Gasteiger partial charge in [-0.3, -0.25) is 14.7 Å². The van der Waals surface area contributed by atoms with Crippen molar-refractivity contribution in [1.29, 1.82) is 0 Å². The number of carbonyl (C=O) groups is 2. The summed E-state index contributed by atoms with van der Waals surface area (Å²) in [6, 6.07) is 1.89. The van der Waals surface area contributed by atoms with E-state index in [1.165, 1.54) is 6.92 Å². The number of H-pyrrole nitrogens is 1. The van der Waals surface area contributed by atoms with Gasteiger partial charge in [-0.1, -0.05) is 0 Å². The summed E-state index contributed by atoms with van der Waals surface area (Å²) in [7, 11) is 0. The molecule has 6 nitrogen and oxygen atoms in total. The highest BCUT2D eigenvalue weighted by molar-refractivity contribution is 5.90. The monoisotopic (exact) mass is 266 g/mol. The number of rotatable bonds is 5. The summed E-state index contributed by atoms with van der Waals surface area (Å²) >= 11 is 0. The van der Waals surface area contributed by atoms with E-state index in [9.17, 15) is 9.59 Å². The van der Waals surface area contributed by atoms with Crippen LogP contribution in [0.15, 0.2) is 6.07 Å². The van der Waals surface area contributed by atoms with Crippen molar-refractivity contribution >= 4 is 11.8 Å². The summed E-state index contributed by atoms with van der Waals surface area (Å²) in [5, 5.41) is 12.5. The van der Waals surface area contributed by atoms with Gasteiger partial charge in [-0.25, -0.2) is 0 Å². The number of hydrogen-bond donors (Lipinski definition) is 3. The van der Waals surface area contributed by atoms with Crippen LogP contribution in [0.4, 0.5) is 0 Å². The van der Waals surface area contributed by atoms with Gasteiger partial charge >= 0.3 is 0 Å². The molecule has 6 heteroatoms. The lowest BCUT2D eigenvalue weighted by Crippen LogP contribution is -2.56. The highest BCUT2D eigenvalue weighted by Crippen LogP contribution is 2.06. The van der Waals surface area contributed by atoms with E-state index in [2.05, 4.69) is 20.8 Å². The highest BCUT2D eigenvalue weighted by atomic mass is 16.2. The average Bonchev–Trinajstić information content (AvgIpc) is 2.61. The van der Waals surface area contributed by atoms with Gasteiger partial charge in [0.25, 0.3) is 0 Å². The molecule has 0 fully saturated rings. The van der Waals surface area contributed by atoms with E-state index < -0.39 is 5.54 Å². The molecule has 1 aromatic rings. The van der Waals surface area contributed by atoms with Crippen molar-refractivity contribution in [1.82, 2.24) is 20.8 Å². The van der Waals surface area contributed by atoms with Crippen LogP contribution in [0.2, 0.25) is 0 Å². The number of aromatic amines is 1. The summed E-state index contributed by atoms with van der Waals surface area (Å²) < 4.78 is 0. The average molecular weight is 266 g/mol. The maximum atomic E-state index is 12.1. The fraction of sp³-hybridized carbons (Fsp3) is 0.615. The van der Waals surface area contributed by atoms with E-state index in [0.29, 0.717) is 6.42 Å². The van der Waals surface area contributed by atoms with E-state index in [0.717, 1.165) is 11.4 Å². The summed E-state index contributed by atoms with van der Waals surface area (Å²) in [5.41, 5.74) is 0.983. The minimum atomic E-state index is -0.915. The summed E-state index contributed by atoms with van der Waals surface area (Å²) in [4.78, 5) is 23.1. The Bertz CT molecular complexity index is 465. The SMILES string of the molecule is CC(=O)NC(C)(C)C(=O)NC(C)Cc1cc(C)[nH]n1. The van der Waals surface area contributed by atoms with Crippen LogP contribution in [0.5, 0.6) is 0 Å². The molecule has 0 bridgehead atoms. The molecule has 0 saturated carbocycles. The van der Waals surface area contributed by atoms with Crippen molar-refractivity contribution in [2.24, 2.45) is 0 Å². The Morgan fingerprint density at radius 2 is 2.11 bits per heavy atom. The second-order valence-corrected chi connectivity index (χ2v) is 5.43. The Kier molecular flexibility index (Phi) is 4.69. The van der Waals surface area contributed by atoms with Gasteiger partial charge in [-0.15, -0.1) is 0 Å². The Labute approximate surface area is 113 Å². The van der Waals surface area contributed by atoms with Crippen molar-refractivity contribution in [3.8, 4) is 0 Å². The number of nitrogens with zero attached hydrogens (tertiary/aromatic N) is 1. The number of hydrogen-bond acceptors (Lipinski definition) is 3. The van der Waals surface area contributed by atoms with Gasteiger partial charge in [-0.05, 0) is 33.8 Å². The maximum absolute atomic E-state index is 12.1. The molecule has 19 heavy (non-hydrogen) atoms. The first kappa shape index (κ1) is 15.2. The number of aryl methyl sites for hydroxylation is 1. The molecule has 1 rings (SSSR count). The molecule has 1 heterocycles. The standard InChI is InChI=1S/C13H22N4O2/c1-8(6-11-7-9(2)16-17-11)14-12(19)13(4,5)15-10(3)18/h7-8H,6H2,1-5H3,(H,14,19)(H,15,18)(H,16,17). The zero-order valence-corrected chi connectivity index (χ0v) is 12.1. The lowest BCUT2D eigenvalue weighted by atomic mass is 10.0. The quantitative estimate of drug-likeness (QED) is 0.732. The van der Waals surface area contributed by atoms with Gasteiger partial charge in [0.2, 0.25) is 11.8 Å².